The Kier molecular flexibility index (Phi) is 12.4. The molecule has 31 heavy (non-hydrogen) atoms. The highest BCUT2D eigenvalue weighted by molar-refractivity contribution is 7.80. The minimum absolute atomic E-state index is 0.324. The molecule has 0 aliphatic rings. The zero-order chi connectivity index (χ0) is 24.4. The summed E-state index contributed by atoms with van der Waals surface area (Å²) in [5.74, 6) is -9.21. The van der Waals surface area contributed by atoms with E-state index in [2.05, 4.69) is 37.9 Å². The lowest BCUT2D eigenvalue weighted by Crippen LogP contribution is -2.57. The van der Waals surface area contributed by atoms with Crippen LogP contribution >= 0.6 is 37.9 Å². The highest BCUT2D eigenvalue weighted by atomic mass is 32.1. The Bertz CT molecular complexity index is 682. The molecule has 0 aromatic heterocycles. The standard InChI is InChI=1S/C15H23N3O10S3/c19-9(16-6(3-29)11(21)22)1-15(28,14(27)18-8(5-31)13(25)26)2-10(20)17-7(4-30)12(23)24/h6-8,28-31H,1-5H2,(H,16,19)(H,17,20)(H,18,27)(H,21,22)(H,23,24)(H,25,26). The molecule has 0 aliphatic heterocycles. The summed E-state index contributed by atoms with van der Waals surface area (Å²) in [6, 6.07) is -4.52. The van der Waals surface area contributed by atoms with Gasteiger partial charge in [0.1, 0.15) is 18.1 Å². The molecule has 0 bridgehead atoms. The van der Waals surface area contributed by atoms with Crippen molar-refractivity contribution in [3.8, 4) is 0 Å². The molecule has 3 atom stereocenters. The molecule has 0 aliphatic carbocycles. The van der Waals surface area contributed by atoms with Crippen LogP contribution in [0.3, 0.4) is 0 Å². The van der Waals surface area contributed by atoms with E-state index < -0.39 is 78.0 Å². The third kappa shape index (κ3) is 9.67. The van der Waals surface area contributed by atoms with E-state index in [-0.39, 0.29) is 11.5 Å². The maximum absolute atomic E-state index is 12.5. The van der Waals surface area contributed by atoms with Crippen molar-refractivity contribution in [2.45, 2.75) is 36.6 Å². The van der Waals surface area contributed by atoms with Crippen LogP contribution < -0.4 is 16.0 Å². The van der Waals surface area contributed by atoms with E-state index in [1.54, 1.807) is 0 Å². The molecule has 3 amide bonds. The van der Waals surface area contributed by atoms with Crippen LogP contribution in [0, 0.1) is 0 Å². The fourth-order valence-electron chi connectivity index (χ4n) is 2.09. The van der Waals surface area contributed by atoms with Gasteiger partial charge < -0.3 is 36.4 Å². The number of carboxylic acids is 3. The second kappa shape index (κ2) is 13.3. The van der Waals surface area contributed by atoms with Gasteiger partial charge in [0.15, 0.2) is 5.60 Å². The summed E-state index contributed by atoms with van der Waals surface area (Å²) in [6.07, 6.45) is -2.28. The topological polar surface area (TPSA) is 219 Å². The summed E-state index contributed by atoms with van der Waals surface area (Å²) in [6.45, 7) is 0. The predicted octanol–water partition coefficient (Wildman–Crippen LogP) is -3.00. The molecule has 0 fully saturated rings. The first-order valence-electron chi connectivity index (χ1n) is 8.44. The van der Waals surface area contributed by atoms with Crippen LogP contribution in [0.5, 0.6) is 0 Å². The Labute approximate surface area is 192 Å². The van der Waals surface area contributed by atoms with Gasteiger partial charge in [-0.1, -0.05) is 0 Å². The predicted molar refractivity (Wildman–Crippen MR) is 114 cm³/mol. The fraction of sp³-hybridized carbons (Fsp3) is 0.600. The van der Waals surface area contributed by atoms with Crippen LogP contribution in [0.4, 0.5) is 0 Å². The Morgan fingerprint density at radius 2 is 0.935 bits per heavy atom. The van der Waals surface area contributed by atoms with Crippen LogP contribution in [0.25, 0.3) is 0 Å². The number of hydrogen-bond donors (Lipinski definition) is 10. The normalized spacial score (nSPS) is 15.5. The zero-order valence-electron chi connectivity index (χ0n) is 15.8. The van der Waals surface area contributed by atoms with Gasteiger partial charge in [-0.3, -0.25) is 14.4 Å². The smallest absolute Gasteiger partial charge is 0.327 e. The van der Waals surface area contributed by atoms with Gasteiger partial charge in [0.2, 0.25) is 11.8 Å². The number of carboxylic acid groups (broad SMARTS) is 3. The zero-order valence-corrected chi connectivity index (χ0v) is 18.5. The Morgan fingerprint density at radius 1 is 0.645 bits per heavy atom. The summed E-state index contributed by atoms with van der Waals surface area (Å²) < 4.78 is 0. The molecule has 0 rings (SSSR count). The number of aliphatic hydroxyl groups is 1. The largest absolute Gasteiger partial charge is 0.480 e. The first kappa shape index (κ1) is 28.8. The lowest BCUT2D eigenvalue weighted by atomic mass is 9.92. The van der Waals surface area contributed by atoms with Crippen molar-refractivity contribution >= 4 is 73.5 Å². The van der Waals surface area contributed by atoms with E-state index in [0.717, 1.165) is 0 Å². The van der Waals surface area contributed by atoms with Gasteiger partial charge in [-0.2, -0.15) is 37.9 Å². The molecule has 13 nitrogen and oxygen atoms in total. The van der Waals surface area contributed by atoms with Crippen molar-refractivity contribution in [2.75, 3.05) is 17.3 Å². The highest BCUT2D eigenvalue weighted by Gasteiger charge is 2.43. The van der Waals surface area contributed by atoms with Crippen LogP contribution in [-0.4, -0.2) is 97.0 Å². The summed E-state index contributed by atoms with van der Waals surface area (Å²) in [7, 11) is 0. The molecular weight excluding hydrogens is 478 g/mol. The molecule has 0 saturated carbocycles. The highest BCUT2D eigenvalue weighted by Crippen LogP contribution is 2.17. The molecule has 0 saturated heterocycles. The molecule has 0 radical (unpaired) electrons. The van der Waals surface area contributed by atoms with Crippen molar-refractivity contribution in [3.05, 3.63) is 0 Å². The van der Waals surface area contributed by atoms with Crippen LogP contribution in [0.2, 0.25) is 0 Å². The number of nitrogens with one attached hydrogen (secondary N) is 3. The fourth-order valence-corrected chi connectivity index (χ4v) is 2.84. The van der Waals surface area contributed by atoms with Crippen molar-refractivity contribution in [3.63, 3.8) is 0 Å². The van der Waals surface area contributed by atoms with E-state index in [1.165, 1.54) is 0 Å². The quantitative estimate of drug-likeness (QED) is 0.109. The molecule has 16 heteroatoms. The van der Waals surface area contributed by atoms with Crippen LogP contribution in [0.1, 0.15) is 12.8 Å². The molecule has 0 heterocycles. The number of amides is 3. The van der Waals surface area contributed by atoms with Gasteiger partial charge in [-0.15, -0.1) is 0 Å². The van der Waals surface area contributed by atoms with E-state index in [1.807, 2.05) is 16.0 Å². The summed E-state index contributed by atoms with van der Waals surface area (Å²) in [4.78, 5) is 70.0. The van der Waals surface area contributed by atoms with Crippen LogP contribution in [-0.2, 0) is 28.8 Å². The van der Waals surface area contributed by atoms with Gasteiger partial charge in [0, 0.05) is 17.3 Å². The molecule has 7 N–H and O–H groups in total. The van der Waals surface area contributed by atoms with E-state index in [4.69, 9.17) is 15.3 Å². The van der Waals surface area contributed by atoms with E-state index >= 15 is 0 Å². The van der Waals surface area contributed by atoms with Crippen molar-refractivity contribution < 1.29 is 49.2 Å². The van der Waals surface area contributed by atoms with Crippen molar-refractivity contribution in [1.29, 1.82) is 0 Å². The lowest BCUT2D eigenvalue weighted by molar-refractivity contribution is -0.153. The summed E-state index contributed by atoms with van der Waals surface area (Å²) in [5.41, 5.74) is -2.84. The molecule has 0 aromatic rings. The summed E-state index contributed by atoms with van der Waals surface area (Å²) >= 11 is 11.2. The van der Waals surface area contributed by atoms with Gasteiger partial charge >= 0.3 is 17.9 Å². The average Bonchev–Trinajstić information content (AvgIpc) is 2.66. The minimum atomic E-state index is -2.84. The number of carbonyl (C=O) groups is 6. The second-order valence-corrected chi connectivity index (χ2v) is 7.31. The molecule has 176 valence electrons. The van der Waals surface area contributed by atoms with Crippen molar-refractivity contribution in [1.82, 2.24) is 16.0 Å². The SMILES string of the molecule is O=C(CC(O)(CC(=O)NC(CS)C(=O)O)C(=O)NC(CS)C(=O)O)NC(CS)C(=O)O. The number of rotatable bonds is 14. The maximum atomic E-state index is 12.5. The minimum Gasteiger partial charge on any atom is -0.480 e. The van der Waals surface area contributed by atoms with Crippen molar-refractivity contribution in [2.24, 2.45) is 0 Å². The molecule has 3 unspecified atom stereocenters. The number of thiol groups is 3. The second-order valence-electron chi connectivity index (χ2n) is 6.21. The third-order valence-corrected chi connectivity index (χ3v) is 4.84. The Hall–Kier alpha value is -2.17. The molecular formula is C15H23N3O10S3. The summed E-state index contributed by atoms with van der Waals surface area (Å²) in [5, 5.41) is 43.5. The van der Waals surface area contributed by atoms with Gasteiger partial charge in [0.25, 0.3) is 5.91 Å². The number of aliphatic carboxylic acids is 3. The maximum Gasteiger partial charge on any atom is 0.327 e. The third-order valence-electron chi connectivity index (χ3n) is 3.75. The Morgan fingerprint density at radius 3 is 1.19 bits per heavy atom. The van der Waals surface area contributed by atoms with Gasteiger partial charge in [0.05, 0.1) is 12.8 Å². The molecule has 0 aromatic carbocycles. The monoisotopic (exact) mass is 501 g/mol. The van der Waals surface area contributed by atoms with Gasteiger partial charge in [-0.05, 0) is 0 Å². The number of carbonyl (C=O) groups excluding carboxylic acids is 3. The lowest BCUT2D eigenvalue weighted by Gasteiger charge is -2.28. The van der Waals surface area contributed by atoms with E-state index in [0.29, 0.717) is 0 Å². The van der Waals surface area contributed by atoms with E-state index in [9.17, 15) is 33.9 Å². The van der Waals surface area contributed by atoms with Crippen LogP contribution in [0.15, 0.2) is 0 Å². The first-order valence-corrected chi connectivity index (χ1v) is 10.3. The number of hydrogen-bond acceptors (Lipinski definition) is 10. The average molecular weight is 502 g/mol. The Balaban J connectivity index is 5.67. The molecule has 0 spiro atoms. The first-order chi connectivity index (χ1) is 14.3. The van der Waals surface area contributed by atoms with Gasteiger partial charge in [-0.25, -0.2) is 14.4 Å².